The first-order valence-corrected chi connectivity index (χ1v) is 12.5. The van der Waals surface area contributed by atoms with Crippen LogP contribution in [0, 0.1) is 11.3 Å². The average Bonchev–Trinajstić information content (AvgIpc) is 3.62. The van der Waals surface area contributed by atoms with Crippen LogP contribution in [0.15, 0.2) is 91.5 Å². The number of carbonyl (C=O) groups excluding carboxylic acids is 1. The molecule has 2 heterocycles. The van der Waals surface area contributed by atoms with Crippen LogP contribution < -0.4 is 0 Å². The van der Waals surface area contributed by atoms with Crippen LogP contribution in [-0.4, -0.2) is 50.5 Å². The van der Waals surface area contributed by atoms with Gasteiger partial charge in [0.2, 0.25) is 0 Å². The number of hydrogen-bond acceptors (Lipinski definition) is 5. The summed E-state index contributed by atoms with van der Waals surface area (Å²) in [6.45, 7) is 2.03. The van der Waals surface area contributed by atoms with Crippen molar-refractivity contribution in [1.82, 2.24) is 24.2 Å². The van der Waals surface area contributed by atoms with Crippen LogP contribution in [0.3, 0.4) is 0 Å². The molecule has 0 fully saturated rings. The van der Waals surface area contributed by atoms with Gasteiger partial charge < -0.3 is 14.2 Å². The van der Waals surface area contributed by atoms with Gasteiger partial charge in [0.05, 0.1) is 35.9 Å². The van der Waals surface area contributed by atoms with Crippen molar-refractivity contribution in [3.05, 3.63) is 108 Å². The normalized spacial score (nSPS) is 10.9. The number of ether oxygens (including phenoxy) is 1. The molecule has 0 unspecified atom stereocenters. The topological polar surface area (TPSA) is 89.0 Å². The summed E-state index contributed by atoms with van der Waals surface area (Å²) in [6, 6.07) is 25.5. The fourth-order valence-corrected chi connectivity index (χ4v) is 4.51. The molecule has 5 rings (SSSR count). The van der Waals surface area contributed by atoms with E-state index in [1.54, 1.807) is 42.9 Å². The van der Waals surface area contributed by atoms with Crippen molar-refractivity contribution < 1.29 is 9.53 Å². The molecule has 0 aliphatic rings. The molecule has 0 saturated carbocycles. The second-order valence-electron chi connectivity index (χ2n) is 9.04. The molecule has 8 nitrogen and oxygen atoms in total. The number of nitrogens with zero attached hydrogens (tertiary/aromatic N) is 6. The molecule has 0 spiro atoms. The van der Waals surface area contributed by atoms with Gasteiger partial charge in [0, 0.05) is 44.8 Å². The highest BCUT2D eigenvalue weighted by Crippen LogP contribution is 2.27. The van der Waals surface area contributed by atoms with E-state index < -0.39 is 0 Å². The number of nitriles is 1. The van der Waals surface area contributed by atoms with Crippen molar-refractivity contribution in [2.45, 2.75) is 19.5 Å². The van der Waals surface area contributed by atoms with E-state index in [1.807, 2.05) is 47.0 Å². The molecular weight excluding hydrogens is 476 g/mol. The molecule has 38 heavy (non-hydrogen) atoms. The molecule has 2 aromatic heterocycles. The lowest BCUT2D eigenvalue weighted by atomic mass is 10.0. The SMILES string of the molecule is COCCCN(Cc1cncn1Cc1ccc(C#N)cc1)C(=O)n1ccc(-c2cccc3ccccc23)n1. The largest absolute Gasteiger partial charge is 0.385 e. The molecule has 5 aromatic rings. The van der Waals surface area contributed by atoms with Crippen molar-refractivity contribution >= 4 is 16.8 Å². The molecule has 0 saturated heterocycles. The minimum atomic E-state index is -0.210. The molecule has 0 aliphatic heterocycles. The third-order valence-electron chi connectivity index (χ3n) is 6.49. The van der Waals surface area contributed by atoms with Crippen LogP contribution in [0.2, 0.25) is 0 Å². The molecule has 0 radical (unpaired) electrons. The Morgan fingerprint density at radius 2 is 1.87 bits per heavy atom. The monoisotopic (exact) mass is 504 g/mol. The predicted octanol–water partition coefficient (Wildman–Crippen LogP) is 5.33. The summed E-state index contributed by atoms with van der Waals surface area (Å²) in [4.78, 5) is 19.7. The third-order valence-corrected chi connectivity index (χ3v) is 6.49. The van der Waals surface area contributed by atoms with Crippen LogP contribution in [-0.2, 0) is 17.8 Å². The molecule has 1 amide bonds. The Labute approximate surface area is 221 Å². The predicted molar refractivity (Wildman–Crippen MR) is 145 cm³/mol. The number of amides is 1. The van der Waals surface area contributed by atoms with Crippen molar-refractivity contribution in [3.8, 4) is 17.3 Å². The molecule has 0 N–H and O–H groups in total. The van der Waals surface area contributed by atoms with Gasteiger partial charge in [-0.2, -0.15) is 15.0 Å². The number of carbonyl (C=O) groups is 1. The Morgan fingerprint density at radius 1 is 1.05 bits per heavy atom. The van der Waals surface area contributed by atoms with Gasteiger partial charge in [0.25, 0.3) is 0 Å². The fourth-order valence-electron chi connectivity index (χ4n) is 4.51. The summed E-state index contributed by atoms with van der Waals surface area (Å²) < 4.78 is 8.66. The number of aromatic nitrogens is 4. The van der Waals surface area contributed by atoms with Gasteiger partial charge >= 0.3 is 6.03 Å². The van der Waals surface area contributed by atoms with Crippen LogP contribution in [0.4, 0.5) is 4.79 Å². The van der Waals surface area contributed by atoms with Gasteiger partial charge in [-0.1, -0.05) is 54.6 Å². The summed E-state index contributed by atoms with van der Waals surface area (Å²) in [7, 11) is 1.66. The first-order chi connectivity index (χ1) is 18.7. The van der Waals surface area contributed by atoms with E-state index in [0.29, 0.717) is 38.2 Å². The maximum Gasteiger partial charge on any atom is 0.345 e. The summed E-state index contributed by atoms with van der Waals surface area (Å²) in [5.41, 5.74) is 4.31. The van der Waals surface area contributed by atoms with Crippen molar-refractivity contribution in [2.75, 3.05) is 20.3 Å². The van der Waals surface area contributed by atoms with E-state index in [1.165, 1.54) is 4.68 Å². The van der Waals surface area contributed by atoms with Gasteiger partial charge in [0.1, 0.15) is 0 Å². The van der Waals surface area contributed by atoms with Crippen molar-refractivity contribution in [1.29, 1.82) is 5.26 Å². The lowest BCUT2D eigenvalue weighted by Crippen LogP contribution is -2.36. The van der Waals surface area contributed by atoms with Crippen LogP contribution in [0.1, 0.15) is 23.2 Å². The zero-order valence-corrected chi connectivity index (χ0v) is 21.2. The minimum Gasteiger partial charge on any atom is -0.385 e. The maximum absolute atomic E-state index is 13.6. The number of imidazole rings is 1. The van der Waals surface area contributed by atoms with Gasteiger partial charge in [-0.25, -0.2) is 9.78 Å². The quantitative estimate of drug-likeness (QED) is 0.253. The highest BCUT2D eigenvalue weighted by atomic mass is 16.5. The van der Waals surface area contributed by atoms with E-state index in [0.717, 1.165) is 33.3 Å². The lowest BCUT2D eigenvalue weighted by Gasteiger charge is -2.23. The number of rotatable bonds is 9. The third kappa shape index (κ3) is 5.48. The number of fused-ring (bicyclic) bond motifs is 1. The lowest BCUT2D eigenvalue weighted by molar-refractivity contribution is 0.164. The summed E-state index contributed by atoms with van der Waals surface area (Å²) in [5, 5.41) is 15.9. The van der Waals surface area contributed by atoms with Crippen LogP contribution >= 0.6 is 0 Å². The second-order valence-corrected chi connectivity index (χ2v) is 9.04. The van der Waals surface area contributed by atoms with Crippen LogP contribution in [0.25, 0.3) is 22.0 Å². The second kappa shape index (κ2) is 11.5. The Hall–Kier alpha value is -4.74. The summed E-state index contributed by atoms with van der Waals surface area (Å²) in [5.74, 6) is 0. The van der Waals surface area contributed by atoms with Crippen molar-refractivity contribution in [2.24, 2.45) is 0 Å². The van der Waals surface area contributed by atoms with E-state index in [-0.39, 0.29) is 6.03 Å². The van der Waals surface area contributed by atoms with Gasteiger partial charge in [0.15, 0.2) is 0 Å². The van der Waals surface area contributed by atoms with Gasteiger partial charge in [-0.15, -0.1) is 0 Å². The average molecular weight is 505 g/mol. The molecule has 190 valence electrons. The fraction of sp³-hybridized carbons (Fsp3) is 0.200. The van der Waals surface area contributed by atoms with E-state index in [9.17, 15) is 4.79 Å². The minimum absolute atomic E-state index is 0.210. The zero-order chi connectivity index (χ0) is 26.3. The molecular formula is C30H28N6O2. The molecule has 8 heteroatoms. The standard InChI is InChI=1S/C30H28N6O2/c1-38-17-5-15-34(21-26-19-32-22-35(26)20-24-12-10-23(18-31)11-13-24)30(37)36-16-14-29(33-36)28-9-4-7-25-6-2-3-8-27(25)28/h2-4,6-14,16,19,22H,5,15,17,20-21H2,1H3. The van der Waals surface area contributed by atoms with Gasteiger partial charge in [-0.3, -0.25) is 0 Å². The van der Waals surface area contributed by atoms with Gasteiger partial charge in [-0.05, 0) is 41.0 Å². The zero-order valence-electron chi connectivity index (χ0n) is 21.2. The molecule has 0 bridgehead atoms. The van der Waals surface area contributed by atoms with E-state index in [4.69, 9.17) is 10.00 Å². The maximum atomic E-state index is 13.6. The molecule has 0 aliphatic carbocycles. The Kier molecular flexibility index (Phi) is 7.57. The van der Waals surface area contributed by atoms with E-state index >= 15 is 0 Å². The highest BCUT2D eigenvalue weighted by Gasteiger charge is 2.20. The Morgan fingerprint density at radius 3 is 2.68 bits per heavy atom. The first kappa shape index (κ1) is 24.9. The number of methoxy groups -OCH3 is 1. The molecule has 3 aromatic carbocycles. The highest BCUT2D eigenvalue weighted by molar-refractivity contribution is 5.95. The smallest absolute Gasteiger partial charge is 0.345 e. The van der Waals surface area contributed by atoms with E-state index in [2.05, 4.69) is 34.4 Å². The summed E-state index contributed by atoms with van der Waals surface area (Å²) in [6.07, 6.45) is 5.96. The van der Waals surface area contributed by atoms with Crippen LogP contribution in [0.5, 0.6) is 0 Å². The van der Waals surface area contributed by atoms with Crippen molar-refractivity contribution in [3.63, 3.8) is 0 Å². The Balaban J connectivity index is 1.37. The number of hydrogen-bond donors (Lipinski definition) is 0. The first-order valence-electron chi connectivity index (χ1n) is 12.5. The molecule has 0 atom stereocenters. The number of benzene rings is 3. The Bertz CT molecular complexity index is 1570. The summed E-state index contributed by atoms with van der Waals surface area (Å²) >= 11 is 0.